The fraction of sp³-hybridized carbons (Fsp3) is 0.600. The van der Waals surface area contributed by atoms with E-state index in [9.17, 15) is 0 Å². The molecule has 0 amide bonds. The molecule has 0 saturated carbocycles. The van der Waals surface area contributed by atoms with Gasteiger partial charge >= 0.3 is 0 Å². The van der Waals surface area contributed by atoms with Gasteiger partial charge < -0.3 is 0 Å². The van der Waals surface area contributed by atoms with E-state index in [2.05, 4.69) is 46.8 Å². The van der Waals surface area contributed by atoms with Crippen LogP contribution in [0.4, 0.5) is 0 Å². The molecule has 0 aromatic carbocycles. The summed E-state index contributed by atoms with van der Waals surface area (Å²) in [6, 6.07) is 0. The van der Waals surface area contributed by atoms with Gasteiger partial charge in [0.1, 0.15) is 0 Å². The lowest BCUT2D eigenvalue weighted by atomic mass is 10.1. The fourth-order valence-corrected chi connectivity index (χ4v) is 0.503. The number of allylic oxidation sites excluding steroid dienone is 4. The van der Waals surface area contributed by atoms with E-state index in [1.807, 2.05) is 0 Å². The van der Waals surface area contributed by atoms with Crippen LogP contribution in [0.25, 0.3) is 0 Å². The van der Waals surface area contributed by atoms with Crippen molar-refractivity contribution in [2.24, 2.45) is 5.92 Å². The van der Waals surface area contributed by atoms with Gasteiger partial charge in [-0.05, 0) is 26.7 Å². The Morgan fingerprint density at radius 3 is 1.90 bits per heavy atom. The third-order valence-corrected chi connectivity index (χ3v) is 1.52. The van der Waals surface area contributed by atoms with Gasteiger partial charge in [0.05, 0.1) is 0 Å². The first-order valence-corrected chi connectivity index (χ1v) is 3.86. The lowest BCUT2D eigenvalue weighted by Crippen LogP contribution is -1.79. The molecule has 0 aliphatic carbocycles. The minimum absolute atomic E-state index is 0.661. The quantitative estimate of drug-likeness (QED) is 0.512. The summed E-state index contributed by atoms with van der Waals surface area (Å²) in [6.45, 7) is 10.8. The third kappa shape index (κ3) is 4.37. The molecule has 0 fully saturated rings. The van der Waals surface area contributed by atoms with Gasteiger partial charge in [0.15, 0.2) is 0 Å². The van der Waals surface area contributed by atoms with E-state index in [0.717, 1.165) is 0 Å². The number of rotatable bonds is 2. The summed E-state index contributed by atoms with van der Waals surface area (Å²) in [4.78, 5) is 0. The van der Waals surface area contributed by atoms with Crippen LogP contribution in [0.15, 0.2) is 23.3 Å². The van der Waals surface area contributed by atoms with E-state index < -0.39 is 0 Å². The van der Waals surface area contributed by atoms with E-state index in [4.69, 9.17) is 0 Å². The highest BCUT2D eigenvalue weighted by molar-refractivity contribution is 5.20. The fourth-order valence-electron chi connectivity index (χ4n) is 0.503. The van der Waals surface area contributed by atoms with Crippen molar-refractivity contribution in [3.05, 3.63) is 23.3 Å². The number of hydrogen-bond acceptors (Lipinski definition) is 0. The van der Waals surface area contributed by atoms with Crippen LogP contribution in [0, 0.1) is 5.92 Å². The molecule has 0 radical (unpaired) electrons. The summed E-state index contributed by atoms with van der Waals surface area (Å²) in [5.41, 5.74) is 2.78. The molecule has 0 aromatic heterocycles. The Kier molecular flexibility index (Phi) is 4.10. The zero-order valence-electron chi connectivity index (χ0n) is 7.73. The third-order valence-electron chi connectivity index (χ3n) is 1.52. The smallest absolute Gasteiger partial charge is 0.0287 e. The van der Waals surface area contributed by atoms with Gasteiger partial charge in [-0.3, -0.25) is 0 Å². The normalized spacial score (nSPS) is 11.0. The molecule has 0 atom stereocenters. The zero-order chi connectivity index (χ0) is 8.15. The van der Waals surface area contributed by atoms with Crippen LogP contribution in [0.2, 0.25) is 0 Å². The SMILES string of the molecule is CC(C)=C(C)/C=C\C(C)C. The van der Waals surface area contributed by atoms with Gasteiger partial charge in [0.2, 0.25) is 0 Å². The summed E-state index contributed by atoms with van der Waals surface area (Å²) in [5.74, 6) is 0.661. The number of hydrogen-bond donors (Lipinski definition) is 0. The van der Waals surface area contributed by atoms with E-state index in [1.165, 1.54) is 11.1 Å². The molecular formula is C10H18. The van der Waals surface area contributed by atoms with E-state index in [1.54, 1.807) is 0 Å². The molecule has 0 bridgehead atoms. The zero-order valence-corrected chi connectivity index (χ0v) is 7.73. The van der Waals surface area contributed by atoms with Crippen molar-refractivity contribution in [3.8, 4) is 0 Å². The molecule has 0 aromatic rings. The van der Waals surface area contributed by atoms with Crippen LogP contribution in [0.3, 0.4) is 0 Å². The monoisotopic (exact) mass is 138 g/mol. The standard InChI is InChI=1S/C10H18/c1-8(2)6-7-10(5)9(3)4/h6-8H,1-5H3/b7-6-. The van der Waals surface area contributed by atoms with Gasteiger partial charge in [-0.1, -0.05) is 37.1 Å². The molecule has 0 saturated heterocycles. The average molecular weight is 138 g/mol. The lowest BCUT2D eigenvalue weighted by molar-refractivity contribution is 0.830. The van der Waals surface area contributed by atoms with Crippen LogP contribution in [0.5, 0.6) is 0 Å². The lowest BCUT2D eigenvalue weighted by Gasteiger charge is -1.96. The van der Waals surface area contributed by atoms with Crippen molar-refractivity contribution in [3.63, 3.8) is 0 Å². The van der Waals surface area contributed by atoms with Crippen LogP contribution in [-0.4, -0.2) is 0 Å². The molecular weight excluding hydrogens is 120 g/mol. The van der Waals surface area contributed by atoms with Crippen LogP contribution < -0.4 is 0 Å². The molecule has 10 heavy (non-hydrogen) atoms. The molecule has 58 valence electrons. The van der Waals surface area contributed by atoms with Crippen LogP contribution in [-0.2, 0) is 0 Å². The van der Waals surface area contributed by atoms with Gasteiger partial charge in [0, 0.05) is 0 Å². The molecule has 0 aliphatic rings. The van der Waals surface area contributed by atoms with E-state index in [-0.39, 0.29) is 0 Å². The van der Waals surface area contributed by atoms with Gasteiger partial charge in [-0.25, -0.2) is 0 Å². The highest BCUT2D eigenvalue weighted by atomic mass is 13.9. The first-order chi connectivity index (χ1) is 4.54. The second kappa shape index (κ2) is 4.32. The van der Waals surface area contributed by atoms with Crippen LogP contribution >= 0.6 is 0 Å². The van der Waals surface area contributed by atoms with Gasteiger partial charge in [-0.15, -0.1) is 0 Å². The first kappa shape index (κ1) is 9.48. The molecule has 0 N–H and O–H groups in total. The van der Waals surface area contributed by atoms with Crippen molar-refractivity contribution in [1.82, 2.24) is 0 Å². The van der Waals surface area contributed by atoms with Crippen molar-refractivity contribution >= 4 is 0 Å². The molecule has 0 spiro atoms. The minimum atomic E-state index is 0.661. The largest absolute Gasteiger partial charge is 0.0817 e. The van der Waals surface area contributed by atoms with Gasteiger partial charge in [-0.2, -0.15) is 0 Å². The predicted molar refractivity (Wildman–Crippen MR) is 48.0 cm³/mol. The minimum Gasteiger partial charge on any atom is -0.0817 e. The predicted octanol–water partition coefficient (Wildman–Crippen LogP) is 3.55. The highest BCUT2D eigenvalue weighted by Crippen LogP contribution is 2.05. The van der Waals surface area contributed by atoms with Crippen molar-refractivity contribution in [1.29, 1.82) is 0 Å². The maximum atomic E-state index is 2.22. The Morgan fingerprint density at radius 2 is 1.60 bits per heavy atom. The molecule has 0 aliphatic heterocycles. The Morgan fingerprint density at radius 1 is 1.10 bits per heavy atom. The molecule has 0 heterocycles. The second-order valence-electron chi connectivity index (χ2n) is 3.29. The molecule has 0 nitrogen and oxygen atoms in total. The highest BCUT2D eigenvalue weighted by Gasteiger charge is 1.86. The summed E-state index contributed by atoms with van der Waals surface area (Å²) in [6.07, 6.45) is 4.42. The summed E-state index contributed by atoms with van der Waals surface area (Å²) >= 11 is 0. The Labute approximate surface area is 64.6 Å². The van der Waals surface area contributed by atoms with E-state index in [0.29, 0.717) is 5.92 Å². The van der Waals surface area contributed by atoms with E-state index >= 15 is 0 Å². The summed E-state index contributed by atoms with van der Waals surface area (Å²) < 4.78 is 0. The Hall–Kier alpha value is -0.520. The van der Waals surface area contributed by atoms with Crippen molar-refractivity contribution in [2.45, 2.75) is 34.6 Å². The average Bonchev–Trinajstić information content (AvgIpc) is 1.82. The summed E-state index contributed by atoms with van der Waals surface area (Å²) in [5, 5.41) is 0. The molecule has 0 heteroatoms. The second-order valence-corrected chi connectivity index (χ2v) is 3.29. The first-order valence-electron chi connectivity index (χ1n) is 3.86. The molecule has 0 rings (SSSR count). The Bertz CT molecular complexity index is 143. The topological polar surface area (TPSA) is 0 Å². The molecule has 0 unspecified atom stereocenters. The van der Waals surface area contributed by atoms with Crippen molar-refractivity contribution in [2.75, 3.05) is 0 Å². The Balaban J connectivity index is 4.03. The summed E-state index contributed by atoms with van der Waals surface area (Å²) in [7, 11) is 0. The van der Waals surface area contributed by atoms with Gasteiger partial charge in [0.25, 0.3) is 0 Å². The maximum Gasteiger partial charge on any atom is -0.0287 e. The van der Waals surface area contributed by atoms with Crippen LogP contribution in [0.1, 0.15) is 34.6 Å². The van der Waals surface area contributed by atoms with Crippen molar-refractivity contribution < 1.29 is 0 Å². The maximum absolute atomic E-state index is 2.22.